The Morgan fingerprint density at radius 3 is 2.84 bits per heavy atom. The normalized spacial score (nSPS) is 23.7. The van der Waals surface area contributed by atoms with Crippen molar-refractivity contribution in [2.24, 2.45) is 11.8 Å². The van der Waals surface area contributed by atoms with Gasteiger partial charge in [-0.15, -0.1) is 0 Å². The number of carbonyl (C=O) groups excluding carboxylic acids is 1. The Kier molecular flexibility index (Phi) is 4.44. The van der Waals surface area contributed by atoms with E-state index in [9.17, 15) is 4.79 Å². The topological polar surface area (TPSA) is 63.4 Å². The molecule has 0 bridgehead atoms. The number of nitrogens with zero attached hydrogens (tertiary/aromatic N) is 5. The second kappa shape index (κ2) is 6.73. The lowest BCUT2D eigenvalue weighted by Gasteiger charge is -2.41. The maximum Gasteiger partial charge on any atom is 0.252 e. The Morgan fingerprint density at radius 2 is 2.00 bits per heavy atom. The summed E-state index contributed by atoms with van der Waals surface area (Å²) in [6.45, 7) is 5.94. The first kappa shape index (κ1) is 16.5. The molecule has 1 amide bonds. The van der Waals surface area contributed by atoms with Gasteiger partial charge in [0.25, 0.3) is 5.78 Å². The molecule has 2 aromatic rings. The third kappa shape index (κ3) is 3.14. The molecule has 6 heteroatoms. The minimum absolute atomic E-state index is 0.293. The van der Waals surface area contributed by atoms with Crippen LogP contribution in [-0.4, -0.2) is 43.5 Å². The fourth-order valence-corrected chi connectivity index (χ4v) is 4.73. The summed E-state index contributed by atoms with van der Waals surface area (Å²) in [5.74, 6) is 2.52. The number of carbonyl (C=O) groups is 1. The van der Waals surface area contributed by atoms with E-state index in [-0.39, 0.29) is 0 Å². The minimum Gasteiger partial charge on any atom is -0.342 e. The van der Waals surface area contributed by atoms with E-state index in [1.165, 1.54) is 38.4 Å². The third-order valence-corrected chi connectivity index (χ3v) is 6.22. The molecule has 0 spiro atoms. The molecule has 1 saturated heterocycles. The zero-order valence-corrected chi connectivity index (χ0v) is 15.2. The van der Waals surface area contributed by atoms with Crippen molar-refractivity contribution >= 4 is 11.7 Å². The van der Waals surface area contributed by atoms with Crippen LogP contribution in [0.1, 0.15) is 55.5 Å². The second-order valence-corrected chi connectivity index (χ2v) is 7.67. The standard InChI is InChI=1S/C19H27N5O/c1-13-17(14(2)24-19(22-13)20-12-21-24)7-8-18(25)23-10-9-15-5-3-4-6-16(15)11-23/h12,15-16H,3-11H2,1-2H3. The Balaban J connectivity index is 1.42. The van der Waals surface area contributed by atoms with Gasteiger partial charge in [0.15, 0.2) is 0 Å². The van der Waals surface area contributed by atoms with Crippen LogP contribution in [0.25, 0.3) is 5.78 Å². The van der Waals surface area contributed by atoms with E-state index in [0.29, 0.717) is 18.1 Å². The fraction of sp³-hybridized carbons (Fsp3) is 0.684. The van der Waals surface area contributed by atoms with Gasteiger partial charge in [-0.2, -0.15) is 10.1 Å². The molecule has 2 unspecified atom stereocenters. The first-order valence-corrected chi connectivity index (χ1v) is 9.57. The van der Waals surface area contributed by atoms with Crippen molar-refractivity contribution in [3.63, 3.8) is 0 Å². The van der Waals surface area contributed by atoms with Crippen LogP contribution < -0.4 is 0 Å². The monoisotopic (exact) mass is 341 g/mol. The summed E-state index contributed by atoms with van der Waals surface area (Å²) in [7, 11) is 0. The Bertz CT molecular complexity index is 783. The number of rotatable bonds is 3. The van der Waals surface area contributed by atoms with Gasteiger partial charge in [0.2, 0.25) is 5.91 Å². The number of aryl methyl sites for hydroxylation is 2. The van der Waals surface area contributed by atoms with E-state index in [1.54, 1.807) is 4.52 Å². The lowest BCUT2D eigenvalue weighted by atomic mass is 9.75. The Morgan fingerprint density at radius 1 is 1.20 bits per heavy atom. The first-order valence-electron chi connectivity index (χ1n) is 9.57. The van der Waals surface area contributed by atoms with Crippen molar-refractivity contribution in [1.82, 2.24) is 24.5 Å². The predicted octanol–water partition coefficient (Wildman–Crippen LogP) is 2.71. The molecule has 3 heterocycles. The Labute approximate surface area is 148 Å². The van der Waals surface area contributed by atoms with E-state index in [2.05, 4.69) is 20.0 Å². The number of amides is 1. The molecule has 0 aromatic carbocycles. The number of hydrogen-bond donors (Lipinski definition) is 0. The summed E-state index contributed by atoms with van der Waals surface area (Å²) in [5, 5.41) is 4.23. The summed E-state index contributed by atoms with van der Waals surface area (Å²) in [6, 6.07) is 0. The van der Waals surface area contributed by atoms with Crippen molar-refractivity contribution in [2.75, 3.05) is 13.1 Å². The van der Waals surface area contributed by atoms with Crippen molar-refractivity contribution < 1.29 is 4.79 Å². The first-order chi connectivity index (χ1) is 12.1. The van der Waals surface area contributed by atoms with Crippen molar-refractivity contribution in [2.45, 2.75) is 58.8 Å². The number of hydrogen-bond acceptors (Lipinski definition) is 4. The summed E-state index contributed by atoms with van der Waals surface area (Å²) < 4.78 is 1.76. The predicted molar refractivity (Wildman–Crippen MR) is 95.2 cm³/mol. The third-order valence-electron chi connectivity index (χ3n) is 6.22. The maximum absolute atomic E-state index is 12.8. The van der Waals surface area contributed by atoms with Crippen LogP contribution in [0.4, 0.5) is 0 Å². The van der Waals surface area contributed by atoms with Gasteiger partial charge in [0, 0.05) is 30.9 Å². The number of piperidine rings is 1. The van der Waals surface area contributed by atoms with Crippen molar-refractivity contribution in [3.8, 4) is 0 Å². The van der Waals surface area contributed by atoms with Crippen LogP contribution in [0.3, 0.4) is 0 Å². The van der Waals surface area contributed by atoms with Crippen LogP contribution in [0, 0.1) is 25.7 Å². The highest BCUT2D eigenvalue weighted by molar-refractivity contribution is 5.76. The molecule has 1 saturated carbocycles. The van der Waals surface area contributed by atoms with Crippen LogP contribution in [0.15, 0.2) is 6.33 Å². The smallest absolute Gasteiger partial charge is 0.252 e. The second-order valence-electron chi connectivity index (χ2n) is 7.67. The zero-order valence-electron chi connectivity index (χ0n) is 15.2. The van der Waals surface area contributed by atoms with Gasteiger partial charge in [0.1, 0.15) is 6.33 Å². The Hall–Kier alpha value is -1.98. The molecule has 0 N–H and O–H groups in total. The average Bonchev–Trinajstić information content (AvgIpc) is 3.09. The lowest BCUT2D eigenvalue weighted by molar-refractivity contribution is -0.134. The molecule has 2 aromatic heterocycles. The van der Waals surface area contributed by atoms with E-state index in [1.807, 2.05) is 13.8 Å². The van der Waals surface area contributed by atoms with Gasteiger partial charge in [-0.3, -0.25) is 4.79 Å². The average molecular weight is 341 g/mol. The van der Waals surface area contributed by atoms with E-state index in [0.717, 1.165) is 48.3 Å². The molecule has 2 aliphatic rings. The van der Waals surface area contributed by atoms with E-state index in [4.69, 9.17) is 0 Å². The number of fused-ring (bicyclic) bond motifs is 2. The summed E-state index contributed by atoms with van der Waals surface area (Å²) >= 11 is 0. The van der Waals surface area contributed by atoms with Gasteiger partial charge >= 0.3 is 0 Å². The zero-order chi connectivity index (χ0) is 17.4. The molecular weight excluding hydrogens is 314 g/mol. The van der Waals surface area contributed by atoms with Crippen LogP contribution in [0.5, 0.6) is 0 Å². The van der Waals surface area contributed by atoms with Gasteiger partial charge in [-0.05, 0) is 50.5 Å². The highest BCUT2D eigenvalue weighted by Crippen LogP contribution is 2.36. The molecule has 0 radical (unpaired) electrons. The highest BCUT2D eigenvalue weighted by atomic mass is 16.2. The minimum atomic E-state index is 0.293. The van der Waals surface area contributed by atoms with Crippen molar-refractivity contribution in [3.05, 3.63) is 23.3 Å². The molecule has 1 aliphatic heterocycles. The van der Waals surface area contributed by atoms with E-state index >= 15 is 0 Å². The molecule has 1 aliphatic carbocycles. The number of aromatic nitrogens is 4. The van der Waals surface area contributed by atoms with Crippen LogP contribution in [-0.2, 0) is 11.2 Å². The van der Waals surface area contributed by atoms with Gasteiger partial charge in [-0.1, -0.05) is 19.3 Å². The lowest BCUT2D eigenvalue weighted by Crippen LogP contribution is -2.44. The summed E-state index contributed by atoms with van der Waals surface area (Å²) in [4.78, 5) is 23.5. The summed E-state index contributed by atoms with van der Waals surface area (Å²) in [6.07, 6.45) is 9.40. The van der Waals surface area contributed by atoms with E-state index < -0.39 is 0 Å². The van der Waals surface area contributed by atoms with Gasteiger partial charge < -0.3 is 4.90 Å². The summed E-state index contributed by atoms with van der Waals surface area (Å²) in [5.41, 5.74) is 3.12. The van der Waals surface area contributed by atoms with Crippen molar-refractivity contribution in [1.29, 1.82) is 0 Å². The number of likely N-dealkylation sites (tertiary alicyclic amines) is 1. The molecule has 2 atom stereocenters. The SMILES string of the molecule is Cc1nc2ncnn2c(C)c1CCC(=O)N1CCC2CCCCC2C1. The molecule has 25 heavy (non-hydrogen) atoms. The maximum atomic E-state index is 12.8. The largest absolute Gasteiger partial charge is 0.342 e. The molecule has 4 rings (SSSR count). The van der Waals surface area contributed by atoms with Gasteiger partial charge in [-0.25, -0.2) is 9.50 Å². The highest BCUT2D eigenvalue weighted by Gasteiger charge is 2.32. The quantitative estimate of drug-likeness (QED) is 0.861. The van der Waals surface area contributed by atoms with Gasteiger partial charge in [0.05, 0.1) is 0 Å². The molecule has 2 fully saturated rings. The van der Waals surface area contributed by atoms with Crippen LogP contribution in [0.2, 0.25) is 0 Å². The molecular formula is C19H27N5O. The molecule has 6 nitrogen and oxygen atoms in total. The molecule has 134 valence electrons. The fourth-order valence-electron chi connectivity index (χ4n) is 4.73. The van der Waals surface area contributed by atoms with Crippen LogP contribution >= 0.6 is 0 Å².